The molecule has 1 aliphatic rings. The highest BCUT2D eigenvalue weighted by Gasteiger charge is 2.55. The van der Waals surface area contributed by atoms with Gasteiger partial charge in [0.15, 0.2) is 0 Å². The van der Waals surface area contributed by atoms with Crippen LogP contribution < -0.4 is 10.1 Å². The third kappa shape index (κ3) is 7.72. The number of hydrogen-bond acceptors (Lipinski definition) is 8. The maximum atomic E-state index is 13.1. The molecule has 1 unspecified atom stereocenters. The minimum absolute atomic E-state index is 0.0407. The van der Waals surface area contributed by atoms with E-state index in [2.05, 4.69) is 10.2 Å². The molecular weight excluding hydrogens is 688 g/mol. The molecule has 1 aliphatic heterocycles. The number of aromatic carboxylic acids is 2. The summed E-state index contributed by atoms with van der Waals surface area (Å²) < 4.78 is 5.64. The van der Waals surface area contributed by atoms with Crippen LogP contribution in [0.1, 0.15) is 77.4 Å². The molecule has 6 rings (SSSR count). The van der Waals surface area contributed by atoms with Gasteiger partial charge in [0.05, 0.1) is 12.0 Å². The maximum absolute atomic E-state index is 13.1. The number of carbonyl (C=O) groups is 4. The number of hydrogen-bond donors (Lipinski definition) is 5. The van der Waals surface area contributed by atoms with Gasteiger partial charge < -0.3 is 30.1 Å². The highest BCUT2D eigenvalue weighted by atomic mass is 16.5. The lowest BCUT2D eigenvalue weighted by atomic mass is 9.56. The van der Waals surface area contributed by atoms with Crippen molar-refractivity contribution in [1.82, 2.24) is 10.2 Å². The maximum Gasteiger partial charge on any atom is 0.339 e. The molecule has 5 aromatic carbocycles. The van der Waals surface area contributed by atoms with Gasteiger partial charge >= 0.3 is 11.9 Å². The van der Waals surface area contributed by atoms with E-state index < -0.39 is 34.3 Å². The molecule has 1 fully saturated rings. The van der Waals surface area contributed by atoms with E-state index in [1.807, 2.05) is 59.1 Å². The summed E-state index contributed by atoms with van der Waals surface area (Å²) in [7, 11) is 4.05. The number of benzene rings is 5. The summed E-state index contributed by atoms with van der Waals surface area (Å²) in [6.45, 7) is 7.45. The van der Waals surface area contributed by atoms with Gasteiger partial charge in [-0.25, -0.2) is 9.59 Å². The van der Waals surface area contributed by atoms with E-state index in [0.717, 1.165) is 24.3 Å². The summed E-state index contributed by atoms with van der Waals surface area (Å²) in [5.74, 6) is -2.99. The van der Waals surface area contributed by atoms with Gasteiger partial charge in [-0.05, 0) is 97.2 Å². The van der Waals surface area contributed by atoms with E-state index in [0.29, 0.717) is 52.1 Å². The van der Waals surface area contributed by atoms with Crippen molar-refractivity contribution in [2.45, 2.75) is 51.9 Å². The first-order valence-corrected chi connectivity index (χ1v) is 17.8. The van der Waals surface area contributed by atoms with Crippen LogP contribution in [-0.2, 0) is 21.4 Å². The molecular formula is C43H46N2O9. The second kappa shape index (κ2) is 16.0. The Balaban J connectivity index is 0.000000210. The van der Waals surface area contributed by atoms with Crippen LogP contribution in [0.15, 0.2) is 84.9 Å². The van der Waals surface area contributed by atoms with E-state index in [9.17, 15) is 39.6 Å². The Morgan fingerprint density at radius 3 is 1.81 bits per heavy atom. The van der Waals surface area contributed by atoms with Crippen LogP contribution in [0.4, 0.5) is 0 Å². The third-order valence-corrected chi connectivity index (χ3v) is 10.3. The zero-order chi connectivity index (χ0) is 39.4. The van der Waals surface area contributed by atoms with E-state index in [1.54, 1.807) is 48.5 Å². The molecule has 5 aromatic rings. The van der Waals surface area contributed by atoms with Gasteiger partial charge in [-0.15, -0.1) is 0 Å². The first-order valence-electron chi connectivity index (χ1n) is 17.8. The lowest BCUT2D eigenvalue weighted by molar-refractivity contribution is -0.145. The van der Waals surface area contributed by atoms with Gasteiger partial charge in [0.1, 0.15) is 28.4 Å². The molecule has 0 radical (unpaired) electrons. The Bertz CT molecular complexity index is 2140. The van der Waals surface area contributed by atoms with Crippen molar-refractivity contribution in [2.24, 2.45) is 5.41 Å². The smallest absolute Gasteiger partial charge is 0.339 e. The summed E-state index contributed by atoms with van der Waals surface area (Å²) >= 11 is 0. The number of nitrogens with one attached hydrogen (secondary N) is 1. The number of carboxylic acid groups (broad SMARTS) is 2. The van der Waals surface area contributed by atoms with Crippen LogP contribution in [0, 0.1) is 5.41 Å². The van der Waals surface area contributed by atoms with E-state index >= 15 is 0 Å². The number of carbonyl (C=O) groups excluding carboxylic acids is 2. The Labute approximate surface area is 313 Å². The molecule has 0 spiro atoms. The third-order valence-electron chi connectivity index (χ3n) is 10.3. The molecule has 1 saturated heterocycles. The number of imide groups is 1. The fourth-order valence-corrected chi connectivity index (χ4v) is 7.62. The lowest BCUT2D eigenvalue weighted by Crippen LogP contribution is -2.61. The molecule has 1 heterocycles. The van der Waals surface area contributed by atoms with Gasteiger partial charge in [-0.3, -0.25) is 14.9 Å². The predicted molar refractivity (Wildman–Crippen MR) is 207 cm³/mol. The molecule has 54 heavy (non-hydrogen) atoms. The molecule has 5 N–H and O–H groups in total. The summed E-state index contributed by atoms with van der Waals surface area (Å²) in [6, 6.07) is 24.5. The van der Waals surface area contributed by atoms with Crippen molar-refractivity contribution < 1.29 is 44.3 Å². The highest BCUT2D eigenvalue weighted by molar-refractivity contribution is 6.05. The number of nitrogens with zero attached hydrogens (tertiary/aromatic N) is 1. The normalized spacial score (nSPS) is 16.5. The second-order valence-corrected chi connectivity index (χ2v) is 14.4. The molecule has 11 nitrogen and oxygen atoms in total. The average molecular weight is 735 g/mol. The van der Waals surface area contributed by atoms with Crippen molar-refractivity contribution in [2.75, 3.05) is 27.2 Å². The van der Waals surface area contributed by atoms with Crippen LogP contribution in [0.25, 0.3) is 21.5 Å². The van der Waals surface area contributed by atoms with Crippen molar-refractivity contribution >= 4 is 45.3 Å². The van der Waals surface area contributed by atoms with Crippen molar-refractivity contribution in [3.05, 3.63) is 113 Å². The number of phenols is 2. The first-order chi connectivity index (χ1) is 25.6. The number of piperidine rings is 1. The minimum atomic E-state index is -1.28. The molecule has 2 amide bonds. The van der Waals surface area contributed by atoms with Gasteiger partial charge in [0, 0.05) is 24.0 Å². The Kier molecular flexibility index (Phi) is 11.6. The summed E-state index contributed by atoms with van der Waals surface area (Å²) in [5, 5.41) is 45.4. The zero-order valence-corrected chi connectivity index (χ0v) is 31.1. The number of amides is 2. The number of ether oxygens (including phenoxy) is 1. The van der Waals surface area contributed by atoms with Gasteiger partial charge in [-0.1, -0.05) is 74.5 Å². The fraction of sp³-hybridized carbons (Fsp3) is 0.302. The van der Waals surface area contributed by atoms with Crippen molar-refractivity contribution in [1.29, 1.82) is 0 Å². The van der Waals surface area contributed by atoms with Crippen LogP contribution >= 0.6 is 0 Å². The molecule has 0 bridgehead atoms. The van der Waals surface area contributed by atoms with E-state index in [4.69, 9.17) is 4.74 Å². The number of rotatable bonds is 11. The molecule has 282 valence electrons. The highest BCUT2D eigenvalue weighted by Crippen LogP contribution is 2.50. The number of aromatic hydroxyl groups is 2. The fourth-order valence-electron chi connectivity index (χ4n) is 7.62. The average Bonchev–Trinajstić information content (AvgIpc) is 3.11. The van der Waals surface area contributed by atoms with Crippen LogP contribution in [0.3, 0.4) is 0 Å². The molecule has 0 saturated carbocycles. The second-order valence-electron chi connectivity index (χ2n) is 14.4. The number of carboxylic acids is 2. The van der Waals surface area contributed by atoms with E-state index in [1.165, 1.54) is 12.1 Å². The minimum Gasteiger partial charge on any atom is -0.507 e. The standard InChI is InChI=1S/C23H16O6.C20H30N2O3/c24-20-16(14-7-3-1-5-12(14)9-18(20)22(26)27)11-17-15-8-4-2-6-13(15)10-19(21(17)25)23(28)29;1-6-25-16-10-7-9-15(13-16)20(11-8-12-22(4)5)18(24)21-17(23)14-19(20,2)3/h1-10,24-25H,11H2,(H,26,27)(H,28,29);7,9-10,13H,6,8,11-12,14H2,1-5H3,(H,21,23,24). The molecule has 0 aliphatic carbocycles. The van der Waals surface area contributed by atoms with Crippen LogP contribution in [0.5, 0.6) is 17.2 Å². The summed E-state index contributed by atoms with van der Waals surface area (Å²) in [4.78, 5) is 50.4. The topological polar surface area (TPSA) is 174 Å². The Morgan fingerprint density at radius 1 is 0.796 bits per heavy atom. The summed E-state index contributed by atoms with van der Waals surface area (Å²) in [6.07, 6.45) is 1.85. The van der Waals surface area contributed by atoms with Crippen LogP contribution in [0.2, 0.25) is 0 Å². The molecule has 0 aromatic heterocycles. The van der Waals surface area contributed by atoms with E-state index in [-0.39, 0.29) is 29.4 Å². The quantitative estimate of drug-likeness (QED) is 0.0879. The molecule has 1 atom stereocenters. The monoisotopic (exact) mass is 734 g/mol. The van der Waals surface area contributed by atoms with Crippen molar-refractivity contribution in [3.63, 3.8) is 0 Å². The molecule has 11 heteroatoms. The summed E-state index contributed by atoms with van der Waals surface area (Å²) in [5.41, 5.74) is -0.180. The SMILES string of the molecule is CCOc1cccc(C2(CCCN(C)C)C(=O)NC(=O)CC2(C)C)c1.O=C(O)c1cc2ccccc2c(Cc2c(O)c(C(=O)O)cc3ccccc23)c1O. The first kappa shape index (κ1) is 39.3. The largest absolute Gasteiger partial charge is 0.507 e. The lowest BCUT2D eigenvalue weighted by Gasteiger charge is -2.48. The Morgan fingerprint density at radius 2 is 1.33 bits per heavy atom. The van der Waals surface area contributed by atoms with Gasteiger partial charge in [-0.2, -0.15) is 0 Å². The van der Waals surface area contributed by atoms with Gasteiger partial charge in [0.25, 0.3) is 0 Å². The van der Waals surface area contributed by atoms with Crippen LogP contribution in [-0.4, -0.2) is 76.3 Å². The Hall–Kier alpha value is -5.94. The number of fused-ring (bicyclic) bond motifs is 2. The zero-order valence-electron chi connectivity index (χ0n) is 31.1. The van der Waals surface area contributed by atoms with Crippen molar-refractivity contribution in [3.8, 4) is 17.2 Å². The van der Waals surface area contributed by atoms with Gasteiger partial charge in [0.2, 0.25) is 11.8 Å². The predicted octanol–water partition coefficient (Wildman–Crippen LogP) is 7.13.